The lowest BCUT2D eigenvalue weighted by molar-refractivity contribution is -0.142. The largest absolute Gasteiger partial charge is 0.481 e. The van der Waals surface area contributed by atoms with Gasteiger partial charge in [0.05, 0.1) is 0 Å². The van der Waals surface area contributed by atoms with Crippen LogP contribution in [0.4, 0.5) is 0 Å². The first kappa shape index (κ1) is 12.2. The van der Waals surface area contributed by atoms with Gasteiger partial charge in [-0.3, -0.25) is 4.79 Å². The topological polar surface area (TPSA) is 37.3 Å². The molecule has 5 aliphatic carbocycles. The molecule has 5 aliphatic rings. The van der Waals surface area contributed by atoms with Crippen LogP contribution < -0.4 is 0 Å². The number of hydrogen-bond acceptors (Lipinski definition) is 1. The van der Waals surface area contributed by atoms with Gasteiger partial charge >= 0.3 is 5.97 Å². The SMILES string of the molecule is CC(CC(=O)O)C1(C23CC4CC(CC(C4)C2)C3)CC1. The second-order valence-electron chi connectivity index (χ2n) is 8.35. The molecule has 1 unspecified atom stereocenters. The Morgan fingerprint density at radius 1 is 1.11 bits per heavy atom. The van der Waals surface area contributed by atoms with Gasteiger partial charge in [0.15, 0.2) is 0 Å². The Morgan fingerprint density at radius 3 is 1.95 bits per heavy atom. The van der Waals surface area contributed by atoms with Crippen LogP contribution in [0.1, 0.15) is 64.7 Å². The van der Waals surface area contributed by atoms with Crippen LogP contribution in [0.3, 0.4) is 0 Å². The Bertz CT molecular complexity index is 372. The molecule has 0 aliphatic heterocycles. The van der Waals surface area contributed by atoms with E-state index in [9.17, 15) is 4.79 Å². The second-order valence-corrected chi connectivity index (χ2v) is 8.35. The lowest BCUT2D eigenvalue weighted by Gasteiger charge is -2.61. The van der Waals surface area contributed by atoms with Crippen LogP contribution in [0, 0.1) is 34.5 Å². The molecule has 1 N–H and O–H groups in total. The van der Waals surface area contributed by atoms with Crippen molar-refractivity contribution in [2.45, 2.75) is 64.7 Å². The van der Waals surface area contributed by atoms with E-state index in [4.69, 9.17) is 5.11 Å². The number of carboxylic acid groups (broad SMARTS) is 1. The zero-order valence-corrected chi connectivity index (χ0v) is 12.0. The molecule has 0 aromatic rings. The van der Waals surface area contributed by atoms with E-state index in [-0.39, 0.29) is 0 Å². The van der Waals surface area contributed by atoms with Gasteiger partial charge in [-0.05, 0) is 85.9 Å². The molecule has 106 valence electrons. The number of carbonyl (C=O) groups is 1. The molecule has 5 fully saturated rings. The molecule has 5 saturated carbocycles. The molecular formula is C17H26O2. The summed E-state index contributed by atoms with van der Waals surface area (Å²) < 4.78 is 0. The summed E-state index contributed by atoms with van der Waals surface area (Å²) >= 11 is 0. The molecule has 0 heterocycles. The minimum Gasteiger partial charge on any atom is -0.481 e. The summed E-state index contributed by atoms with van der Waals surface area (Å²) in [5.74, 6) is 2.76. The molecule has 4 bridgehead atoms. The highest BCUT2D eigenvalue weighted by Gasteiger charge is 2.66. The predicted molar refractivity (Wildman–Crippen MR) is 73.7 cm³/mol. The summed E-state index contributed by atoms with van der Waals surface area (Å²) in [6.07, 6.45) is 11.8. The van der Waals surface area contributed by atoms with Crippen molar-refractivity contribution in [3.63, 3.8) is 0 Å². The van der Waals surface area contributed by atoms with Gasteiger partial charge in [-0.25, -0.2) is 0 Å². The fourth-order valence-electron chi connectivity index (χ4n) is 6.86. The van der Waals surface area contributed by atoms with Gasteiger partial charge in [-0.15, -0.1) is 0 Å². The Balaban J connectivity index is 1.62. The van der Waals surface area contributed by atoms with Gasteiger partial charge in [-0.2, -0.15) is 0 Å². The van der Waals surface area contributed by atoms with Crippen molar-refractivity contribution in [2.24, 2.45) is 34.5 Å². The van der Waals surface area contributed by atoms with E-state index < -0.39 is 5.97 Å². The third-order valence-corrected chi connectivity index (χ3v) is 7.31. The number of carboxylic acids is 1. The minimum absolute atomic E-state index is 0.390. The maximum absolute atomic E-state index is 11.1. The van der Waals surface area contributed by atoms with Crippen molar-refractivity contribution >= 4 is 5.97 Å². The maximum Gasteiger partial charge on any atom is 0.303 e. The predicted octanol–water partition coefficient (Wildman–Crippen LogP) is 4.09. The molecular weight excluding hydrogens is 236 g/mol. The van der Waals surface area contributed by atoms with Crippen LogP contribution >= 0.6 is 0 Å². The lowest BCUT2D eigenvalue weighted by Crippen LogP contribution is -2.52. The molecule has 5 rings (SSSR count). The van der Waals surface area contributed by atoms with E-state index in [1.807, 2.05) is 0 Å². The highest BCUT2D eigenvalue weighted by atomic mass is 16.4. The van der Waals surface area contributed by atoms with Crippen molar-refractivity contribution in [1.29, 1.82) is 0 Å². The lowest BCUT2D eigenvalue weighted by atomic mass is 9.44. The van der Waals surface area contributed by atoms with E-state index in [1.165, 1.54) is 51.4 Å². The molecule has 19 heavy (non-hydrogen) atoms. The van der Waals surface area contributed by atoms with Gasteiger partial charge in [-0.1, -0.05) is 6.92 Å². The number of aliphatic carboxylic acids is 1. The molecule has 1 atom stereocenters. The molecule has 2 heteroatoms. The average molecular weight is 262 g/mol. The average Bonchev–Trinajstić information content (AvgIpc) is 3.06. The maximum atomic E-state index is 11.1. The summed E-state index contributed by atoms with van der Waals surface area (Å²) in [4.78, 5) is 11.1. The molecule has 0 amide bonds. The first-order chi connectivity index (χ1) is 9.03. The Morgan fingerprint density at radius 2 is 1.58 bits per heavy atom. The molecule has 0 aromatic carbocycles. The van der Waals surface area contributed by atoms with E-state index in [0.717, 1.165) is 17.8 Å². The van der Waals surface area contributed by atoms with Gasteiger partial charge < -0.3 is 5.11 Å². The van der Waals surface area contributed by atoms with Crippen LogP contribution in [-0.2, 0) is 4.79 Å². The van der Waals surface area contributed by atoms with Crippen LogP contribution in [0.15, 0.2) is 0 Å². The second kappa shape index (κ2) is 3.77. The van der Waals surface area contributed by atoms with E-state index in [2.05, 4.69) is 6.92 Å². The van der Waals surface area contributed by atoms with Crippen LogP contribution in [-0.4, -0.2) is 11.1 Å². The number of rotatable bonds is 4. The highest BCUT2D eigenvalue weighted by Crippen LogP contribution is 2.75. The normalized spacial score (nSPS) is 47.1. The fraction of sp³-hybridized carbons (Fsp3) is 0.941. The minimum atomic E-state index is -0.594. The zero-order valence-electron chi connectivity index (χ0n) is 12.0. The van der Waals surface area contributed by atoms with Crippen molar-refractivity contribution in [2.75, 3.05) is 0 Å². The molecule has 0 spiro atoms. The van der Waals surface area contributed by atoms with Gasteiger partial charge in [0.1, 0.15) is 0 Å². The standard InChI is InChI=1S/C17H26O2/c1-11(4-15(18)19)17(2-3-17)16-8-12-5-13(9-16)7-14(6-12)10-16/h11-14H,2-10H2,1H3,(H,18,19). The van der Waals surface area contributed by atoms with Crippen molar-refractivity contribution in [1.82, 2.24) is 0 Å². The summed E-state index contributed by atoms with van der Waals surface area (Å²) in [5, 5.41) is 9.16. The Labute approximate surface area is 116 Å². The molecule has 0 radical (unpaired) electrons. The monoisotopic (exact) mass is 262 g/mol. The van der Waals surface area contributed by atoms with Crippen LogP contribution in [0.25, 0.3) is 0 Å². The van der Waals surface area contributed by atoms with Gasteiger partial charge in [0, 0.05) is 6.42 Å². The number of hydrogen-bond donors (Lipinski definition) is 1. The molecule has 2 nitrogen and oxygen atoms in total. The molecule has 0 saturated heterocycles. The van der Waals surface area contributed by atoms with Gasteiger partial charge in [0.2, 0.25) is 0 Å². The first-order valence-electron chi connectivity index (χ1n) is 8.25. The van der Waals surface area contributed by atoms with Crippen LogP contribution in [0.2, 0.25) is 0 Å². The van der Waals surface area contributed by atoms with Crippen LogP contribution in [0.5, 0.6) is 0 Å². The van der Waals surface area contributed by atoms with Crippen molar-refractivity contribution in [3.05, 3.63) is 0 Å². The van der Waals surface area contributed by atoms with Crippen molar-refractivity contribution < 1.29 is 9.90 Å². The highest BCUT2D eigenvalue weighted by molar-refractivity contribution is 5.67. The molecule has 0 aromatic heterocycles. The fourth-order valence-corrected chi connectivity index (χ4v) is 6.86. The van der Waals surface area contributed by atoms with E-state index in [1.54, 1.807) is 0 Å². The Hall–Kier alpha value is -0.530. The summed E-state index contributed by atoms with van der Waals surface area (Å²) in [6, 6.07) is 0. The third kappa shape index (κ3) is 1.64. The summed E-state index contributed by atoms with van der Waals surface area (Å²) in [7, 11) is 0. The zero-order chi connectivity index (χ0) is 13.3. The van der Waals surface area contributed by atoms with Crippen molar-refractivity contribution in [3.8, 4) is 0 Å². The Kier molecular flexibility index (Phi) is 2.42. The van der Waals surface area contributed by atoms with E-state index >= 15 is 0 Å². The smallest absolute Gasteiger partial charge is 0.303 e. The quantitative estimate of drug-likeness (QED) is 0.828. The summed E-state index contributed by atoms with van der Waals surface area (Å²) in [5.41, 5.74) is 0.970. The third-order valence-electron chi connectivity index (χ3n) is 7.31. The summed E-state index contributed by atoms with van der Waals surface area (Å²) in [6.45, 7) is 2.22. The van der Waals surface area contributed by atoms with E-state index in [0.29, 0.717) is 23.2 Å². The van der Waals surface area contributed by atoms with Gasteiger partial charge in [0.25, 0.3) is 0 Å². The first-order valence-corrected chi connectivity index (χ1v) is 8.25.